The topological polar surface area (TPSA) is 85.8 Å². The van der Waals surface area contributed by atoms with E-state index in [-0.39, 0.29) is 5.91 Å². The van der Waals surface area contributed by atoms with Crippen molar-refractivity contribution in [2.45, 2.75) is 26.8 Å². The van der Waals surface area contributed by atoms with Crippen LogP contribution in [0.4, 0.5) is 5.69 Å². The van der Waals surface area contributed by atoms with Crippen molar-refractivity contribution in [1.82, 2.24) is 14.9 Å². The van der Waals surface area contributed by atoms with Gasteiger partial charge in [-0.2, -0.15) is 0 Å². The second-order valence-electron chi connectivity index (χ2n) is 8.47. The fourth-order valence-electron chi connectivity index (χ4n) is 4.18. The molecule has 0 aliphatic heterocycles. The molecule has 0 saturated carbocycles. The van der Waals surface area contributed by atoms with Crippen LogP contribution in [0, 0.1) is 0 Å². The summed E-state index contributed by atoms with van der Waals surface area (Å²) in [5, 5.41) is 3.81. The van der Waals surface area contributed by atoms with E-state index in [1.807, 2.05) is 30.5 Å². The Hall–Kier alpha value is -3.69. The molecule has 4 rings (SSSR count). The molecule has 194 valence electrons. The van der Waals surface area contributed by atoms with Crippen molar-refractivity contribution in [2.24, 2.45) is 0 Å². The van der Waals surface area contributed by atoms with Gasteiger partial charge in [-0.15, -0.1) is 0 Å². The molecule has 0 unspecified atom stereocenters. The Labute approximate surface area is 221 Å². The summed E-state index contributed by atoms with van der Waals surface area (Å²) in [6, 6.07) is 13.0. The number of hydrogen-bond donors (Lipinski definition) is 1. The Morgan fingerprint density at radius 2 is 1.76 bits per heavy atom. The van der Waals surface area contributed by atoms with Gasteiger partial charge in [-0.3, -0.25) is 9.69 Å². The molecular weight excluding hydrogens is 488 g/mol. The van der Waals surface area contributed by atoms with Gasteiger partial charge in [-0.25, -0.2) is 9.97 Å². The van der Waals surface area contributed by atoms with Crippen LogP contribution in [-0.2, 0) is 6.54 Å². The Bertz CT molecular complexity index is 1360. The summed E-state index contributed by atoms with van der Waals surface area (Å²) < 4.78 is 16.2. The highest BCUT2D eigenvalue weighted by atomic mass is 32.1. The van der Waals surface area contributed by atoms with Gasteiger partial charge in [0, 0.05) is 23.9 Å². The first-order valence-electron chi connectivity index (χ1n) is 12.2. The van der Waals surface area contributed by atoms with Gasteiger partial charge in [-0.05, 0) is 55.4 Å². The summed E-state index contributed by atoms with van der Waals surface area (Å²) in [5.74, 6) is 0.951. The average molecular weight is 521 g/mol. The highest BCUT2D eigenvalue weighted by molar-refractivity contribution is 7.21. The van der Waals surface area contributed by atoms with Crippen LogP contribution >= 0.6 is 11.3 Å². The second kappa shape index (κ2) is 12.0. The minimum absolute atomic E-state index is 0.302. The second-order valence-corrected chi connectivity index (χ2v) is 9.45. The third kappa shape index (κ3) is 5.84. The summed E-state index contributed by atoms with van der Waals surface area (Å²) in [6.07, 6.45) is 3.05. The van der Waals surface area contributed by atoms with E-state index in [4.69, 9.17) is 19.2 Å². The van der Waals surface area contributed by atoms with Gasteiger partial charge in [0.05, 0.1) is 27.0 Å². The summed E-state index contributed by atoms with van der Waals surface area (Å²) in [4.78, 5) is 26.0. The lowest BCUT2D eigenvalue weighted by atomic mass is 10.1. The van der Waals surface area contributed by atoms with Crippen LogP contribution in [0.5, 0.6) is 17.2 Å². The predicted octanol–water partition coefficient (Wildman–Crippen LogP) is 5.87. The molecule has 0 saturated heterocycles. The van der Waals surface area contributed by atoms with Crippen molar-refractivity contribution < 1.29 is 19.0 Å². The fraction of sp³-hybridized carbons (Fsp3) is 0.321. The SMILES string of the molecule is CCCN(CC)Cc1cnc2sc(-c3ccccc3NC(=O)c3cc(OC)c(OC)c(OC)c3)nc2c1. The number of anilines is 1. The molecule has 0 fully saturated rings. The number of nitrogens with one attached hydrogen (secondary N) is 1. The van der Waals surface area contributed by atoms with Gasteiger partial charge in [0.25, 0.3) is 5.91 Å². The number of carbonyl (C=O) groups excluding carboxylic acids is 1. The molecule has 9 heteroatoms. The van der Waals surface area contributed by atoms with Gasteiger partial charge in [0.2, 0.25) is 5.75 Å². The molecule has 0 aliphatic carbocycles. The number of fused-ring (bicyclic) bond motifs is 1. The molecule has 0 radical (unpaired) electrons. The van der Waals surface area contributed by atoms with E-state index in [0.29, 0.717) is 28.5 Å². The van der Waals surface area contributed by atoms with Crippen molar-refractivity contribution >= 4 is 33.3 Å². The van der Waals surface area contributed by atoms with Crippen LogP contribution in [0.2, 0.25) is 0 Å². The highest BCUT2D eigenvalue weighted by Crippen LogP contribution is 2.39. The lowest BCUT2D eigenvalue weighted by molar-refractivity contribution is 0.102. The molecule has 1 amide bonds. The molecule has 0 spiro atoms. The number of benzene rings is 2. The molecule has 8 nitrogen and oxygen atoms in total. The van der Waals surface area contributed by atoms with Crippen molar-refractivity contribution in [3.63, 3.8) is 0 Å². The third-order valence-corrected chi connectivity index (χ3v) is 7.04. The average Bonchev–Trinajstić information content (AvgIpc) is 3.35. The summed E-state index contributed by atoms with van der Waals surface area (Å²) in [6.45, 7) is 7.26. The predicted molar refractivity (Wildman–Crippen MR) is 148 cm³/mol. The van der Waals surface area contributed by atoms with Crippen molar-refractivity contribution in [1.29, 1.82) is 0 Å². The molecule has 0 bridgehead atoms. The zero-order valence-electron chi connectivity index (χ0n) is 21.8. The smallest absolute Gasteiger partial charge is 0.255 e. The maximum atomic E-state index is 13.2. The van der Waals surface area contributed by atoms with Crippen molar-refractivity contribution in [3.8, 4) is 27.8 Å². The summed E-state index contributed by atoms with van der Waals surface area (Å²) in [7, 11) is 4.56. The highest BCUT2D eigenvalue weighted by Gasteiger charge is 2.19. The Morgan fingerprint density at radius 3 is 2.41 bits per heavy atom. The Morgan fingerprint density at radius 1 is 1.03 bits per heavy atom. The van der Waals surface area contributed by atoms with E-state index in [2.05, 4.69) is 35.1 Å². The van der Waals surface area contributed by atoms with E-state index in [0.717, 1.165) is 52.5 Å². The number of carbonyl (C=O) groups is 1. The van der Waals surface area contributed by atoms with Gasteiger partial charge in [0.1, 0.15) is 15.4 Å². The zero-order valence-corrected chi connectivity index (χ0v) is 22.6. The number of methoxy groups -OCH3 is 3. The maximum Gasteiger partial charge on any atom is 0.255 e. The first kappa shape index (κ1) is 26.4. The quantitative estimate of drug-likeness (QED) is 0.265. The molecule has 2 heterocycles. The van der Waals surface area contributed by atoms with Crippen molar-refractivity contribution in [3.05, 3.63) is 59.8 Å². The Balaban J connectivity index is 1.62. The van der Waals surface area contributed by atoms with Crippen LogP contribution in [-0.4, -0.2) is 55.2 Å². The lowest BCUT2D eigenvalue weighted by Gasteiger charge is -2.19. The van der Waals surface area contributed by atoms with Crippen LogP contribution in [0.3, 0.4) is 0 Å². The third-order valence-electron chi connectivity index (χ3n) is 6.03. The number of rotatable bonds is 11. The normalized spacial score (nSPS) is 11.1. The van der Waals surface area contributed by atoms with Crippen LogP contribution in [0.15, 0.2) is 48.7 Å². The van der Waals surface area contributed by atoms with E-state index < -0.39 is 0 Å². The van der Waals surface area contributed by atoms with Gasteiger partial charge in [-0.1, -0.05) is 37.3 Å². The zero-order chi connectivity index (χ0) is 26.4. The fourth-order valence-corrected chi connectivity index (χ4v) is 5.10. The number of pyridine rings is 1. The number of nitrogens with zero attached hydrogens (tertiary/aromatic N) is 3. The maximum absolute atomic E-state index is 13.2. The molecular formula is C28H32N4O4S. The molecule has 2 aromatic carbocycles. The minimum Gasteiger partial charge on any atom is -0.493 e. The van der Waals surface area contributed by atoms with Gasteiger partial charge >= 0.3 is 0 Å². The number of aromatic nitrogens is 2. The summed E-state index contributed by atoms with van der Waals surface area (Å²) >= 11 is 1.50. The molecule has 4 aromatic rings. The number of thiazole rings is 1. The molecule has 1 N–H and O–H groups in total. The van der Waals surface area contributed by atoms with Crippen molar-refractivity contribution in [2.75, 3.05) is 39.7 Å². The van der Waals surface area contributed by atoms with E-state index in [1.165, 1.54) is 32.7 Å². The standard InChI is InChI=1S/C28H32N4O4S/c1-6-12-32(7-2)17-18-13-22-28(29-16-18)37-27(31-22)20-10-8-9-11-21(20)30-26(33)19-14-23(34-3)25(36-5)24(15-19)35-4/h8-11,13-16H,6-7,12,17H2,1-5H3,(H,30,33). The number of ether oxygens (including phenoxy) is 3. The Kier molecular flexibility index (Phi) is 8.58. The largest absolute Gasteiger partial charge is 0.493 e. The van der Waals surface area contributed by atoms with Crippen LogP contribution in [0.25, 0.3) is 20.9 Å². The van der Waals surface area contributed by atoms with E-state index in [9.17, 15) is 4.79 Å². The molecule has 0 aliphatic rings. The number of para-hydroxylation sites is 1. The molecule has 2 aromatic heterocycles. The first-order valence-corrected chi connectivity index (χ1v) is 13.0. The lowest BCUT2D eigenvalue weighted by Crippen LogP contribution is -2.23. The van der Waals surface area contributed by atoms with Gasteiger partial charge in [0.15, 0.2) is 11.5 Å². The van der Waals surface area contributed by atoms with Crippen LogP contribution < -0.4 is 19.5 Å². The first-order chi connectivity index (χ1) is 18.0. The molecule has 0 atom stereocenters. The monoisotopic (exact) mass is 520 g/mol. The summed E-state index contributed by atoms with van der Waals surface area (Å²) in [5.41, 5.74) is 3.86. The van der Waals surface area contributed by atoms with E-state index >= 15 is 0 Å². The number of hydrogen-bond acceptors (Lipinski definition) is 8. The van der Waals surface area contributed by atoms with Crippen LogP contribution in [0.1, 0.15) is 36.2 Å². The minimum atomic E-state index is -0.302. The van der Waals surface area contributed by atoms with Gasteiger partial charge < -0.3 is 19.5 Å². The molecule has 37 heavy (non-hydrogen) atoms. The number of amides is 1. The van der Waals surface area contributed by atoms with E-state index in [1.54, 1.807) is 12.1 Å².